The van der Waals surface area contributed by atoms with Crippen LogP contribution in [0.25, 0.3) is 0 Å². The maximum absolute atomic E-state index is 12.9. The smallest absolute Gasteiger partial charge is 0.418 e. The third-order valence-electron chi connectivity index (χ3n) is 2.32. The Kier molecular flexibility index (Phi) is 4.61. The van der Waals surface area contributed by atoms with Crippen molar-refractivity contribution in [1.82, 2.24) is 0 Å². The molecule has 20 heavy (non-hydrogen) atoms. The van der Waals surface area contributed by atoms with Crippen LogP contribution in [0.1, 0.15) is 22.8 Å². The molecule has 1 amide bonds. The number of carboxylic acids is 1. The molecular formula is C11H9ClF3NO4. The number of halogens is 4. The minimum absolute atomic E-state index is 0.289. The van der Waals surface area contributed by atoms with Gasteiger partial charge in [-0.2, -0.15) is 18.2 Å². The first-order valence-electron chi connectivity index (χ1n) is 5.09. The molecular weight excluding hydrogens is 303 g/mol. The van der Waals surface area contributed by atoms with E-state index < -0.39 is 39.9 Å². The monoisotopic (exact) mass is 311 g/mol. The minimum Gasteiger partial charge on any atom is -0.478 e. The number of nitrogens with zero attached hydrogens (tertiary/aromatic N) is 1. The van der Waals surface area contributed by atoms with E-state index >= 15 is 0 Å². The molecule has 1 aromatic rings. The summed E-state index contributed by atoms with van der Waals surface area (Å²) >= 11 is 5.68. The number of amides is 1. The fraction of sp³-hybridized carbons (Fsp3) is 0.273. The summed E-state index contributed by atoms with van der Waals surface area (Å²) < 4.78 is 38.8. The van der Waals surface area contributed by atoms with Crippen LogP contribution in [0.3, 0.4) is 0 Å². The van der Waals surface area contributed by atoms with E-state index in [0.717, 1.165) is 14.0 Å². The van der Waals surface area contributed by atoms with Gasteiger partial charge in [-0.3, -0.25) is 9.63 Å². The van der Waals surface area contributed by atoms with Crippen molar-refractivity contribution in [3.05, 3.63) is 28.3 Å². The van der Waals surface area contributed by atoms with Gasteiger partial charge >= 0.3 is 12.1 Å². The number of benzene rings is 1. The summed E-state index contributed by atoms with van der Waals surface area (Å²) in [5, 5.41) is 8.42. The van der Waals surface area contributed by atoms with Crippen molar-refractivity contribution in [2.45, 2.75) is 13.1 Å². The summed E-state index contributed by atoms with van der Waals surface area (Å²) in [5.74, 6) is -2.41. The summed E-state index contributed by atoms with van der Waals surface area (Å²) in [4.78, 5) is 26.8. The van der Waals surface area contributed by atoms with Crippen molar-refractivity contribution >= 4 is 29.2 Å². The predicted molar refractivity (Wildman–Crippen MR) is 63.6 cm³/mol. The van der Waals surface area contributed by atoms with Crippen molar-refractivity contribution in [3.63, 3.8) is 0 Å². The van der Waals surface area contributed by atoms with E-state index in [0.29, 0.717) is 12.1 Å². The number of rotatable bonds is 3. The van der Waals surface area contributed by atoms with Crippen LogP contribution in [0.4, 0.5) is 18.9 Å². The largest absolute Gasteiger partial charge is 0.478 e. The Morgan fingerprint density at radius 2 is 1.90 bits per heavy atom. The SMILES string of the molecule is CON(C(C)=O)c1c(C(F)(F)F)ccc(C(=O)O)c1Cl. The lowest BCUT2D eigenvalue weighted by Gasteiger charge is -2.24. The second kappa shape index (κ2) is 5.68. The number of aromatic carboxylic acids is 1. The molecule has 0 spiro atoms. The molecule has 110 valence electrons. The molecule has 0 radical (unpaired) electrons. The van der Waals surface area contributed by atoms with Gasteiger partial charge in [0.1, 0.15) is 5.69 Å². The topological polar surface area (TPSA) is 66.8 Å². The molecule has 0 bridgehead atoms. The molecule has 5 nitrogen and oxygen atoms in total. The number of hydroxylamine groups is 1. The first kappa shape index (κ1) is 16.3. The van der Waals surface area contributed by atoms with Gasteiger partial charge in [0.25, 0.3) is 0 Å². The summed E-state index contributed by atoms with van der Waals surface area (Å²) in [7, 11) is 0.964. The lowest BCUT2D eigenvalue weighted by molar-refractivity contribution is -0.138. The van der Waals surface area contributed by atoms with Crippen molar-refractivity contribution in [2.24, 2.45) is 0 Å². The Morgan fingerprint density at radius 1 is 1.35 bits per heavy atom. The molecule has 0 aliphatic carbocycles. The van der Waals surface area contributed by atoms with Crippen LogP contribution in [0.15, 0.2) is 12.1 Å². The Morgan fingerprint density at radius 3 is 2.25 bits per heavy atom. The van der Waals surface area contributed by atoms with Crippen molar-refractivity contribution in [1.29, 1.82) is 0 Å². The van der Waals surface area contributed by atoms with Crippen LogP contribution >= 0.6 is 11.6 Å². The van der Waals surface area contributed by atoms with Gasteiger partial charge in [-0.25, -0.2) is 4.79 Å². The maximum atomic E-state index is 12.9. The van der Waals surface area contributed by atoms with Crippen molar-refractivity contribution in [3.8, 4) is 0 Å². The average Bonchev–Trinajstić information content (AvgIpc) is 2.29. The fourth-order valence-corrected chi connectivity index (χ4v) is 1.86. The third kappa shape index (κ3) is 3.02. The Bertz CT molecular complexity index is 559. The summed E-state index contributed by atoms with van der Waals surface area (Å²) in [5.41, 5.74) is -2.70. The highest BCUT2D eigenvalue weighted by Gasteiger charge is 2.38. The molecule has 0 atom stereocenters. The Hall–Kier alpha value is -1.80. The number of carbonyl (C=O) groups is 2. The van der Waals surface area contributed by atoms with Gasteiger partial charge in [0.2, 0.25) is 5.91 Å². The molecule has 1 rings (SSSR count). The van der Waals surface area contributed by atoms with E-state index in [9.17, 15) is 22.8 Å². The normalized spacial score (nSPS) is 11.3. The molecule has 0 aliphatic rings. The highest BCUT2D eigenvalue weighted by molar-refractivity contribution is 6.36. The van der Waals surface area contributed by atoms with Gasteiger partial charge < -0.3 is 5.11 Å². The Balaban J connectivity index is 3.69. The van der Waals surface area contributed by atoms with Gasteiger partial charge in [0.15, 0.2) is 0 Å². The second-order valence-electron chi connectivity index (χ2n) is 3.62. The van der Waals surface area contributed by atoms with Crippen LogP contribution in [-0.2, 0) is 15.8 Å². The summed E-state index contributed by atoms with van der Waals surface area (Å²) in [6.45, 7) is 0.952. The van der Waals surface area contributed by atoms with Crippen LogP contribution in [0.5, 0.6) is 0 Å². The highest BCUT2D eigenvalue weighted by Crippen LogP contribution is 2.42. The first-order chi connectivity index (χ1) is 9.11. The number of hydrogen-bond donors (Lipinski definition) is 1. The molecule has 0 fully saturated rings. The molecule has 9 heteroatoms. The van der Waals surface area contributed by atoms with Gasteiger partial charge in [0, 0.05) is 6.92 Å². The highest BCUT2D eigenvalue weighted by atomic mass is 35.5. The van der Waals surface area contributed by atoms with E-state index in [1.165, 1.54) is 0 Å². The molecule has 0 saturated heterocycles. The molecule has 0 aromatic heterocycles. The molecule has 0 saturated carbocycles. The van der Waals surface area contributed by atoms with Gasteiger partial charge in [0.05, 0.1) is 23.3 Å². The molecule has 0 heterocycles. The molecule has 1 aromatic carbocycles. The molecule has 0 unspecified atom stereocenters. The minimum atomic E-state index is -4.83. The first-order valence-corrected chi connectivity index (χ1v) is 5.46. The average molecular weight is 312 g/mol. The van der Waals surface area contributed by atoms with Crippen LogP contribution in [-0.4, -0.2) is 24.1 Å². The quantitative estimate of drug-likeness (QED) is 0.871. The lowest BCUT2D eigenvalue weighted by Crippen LogP contribution is -2.30. The lowest BCUT2D eigenvalue weighted by atomic mass is 10.1. The van der Waals surface area contributed by atoms with E-state index in [4.69, 9.17) is 16.7 Å². The zero-order valence-electron chi connectivity index (χ0n) is 10.3. The zero-order valence-corrected chi connectivity index (χ0v) is 11.0. The summed E-state index contributed by atoms with van der Waals surface area (Å²) in [6, 6.07) is 1.24. The fourth-order valence-electron chi connectivity index (χ4n) is 1.53. The van der Waals surface area contributed by atoms with Crippen molar-refractivity contribution < 1.29 is 32.7 Å². The molecule has 1 N–H and O–H groups in total. The maximum Gasteiger partial charge on any atom is 0.418 e. The van der Waals surface area contributed by atoms with Gasteiger partial charge in [-0.05, 0) is 12.1 Å². The number of carbonyl (C=O) groups excluding carboxylic acids is 1. The van der Waals surface area contributed by atoms with Gasteiger partial charge in [-0.15, -0.1) is 0 Å². The van der Waals surface area contributed by atoms with E-state index in [2.05, 4.69) is 4.84 Å². The zero-order chi connectivity index (χ0) is 15.7. The van der Waals surface area contributed by atoms with E-state index in [-0.39, 0.29) is 5.06 Å². The van der Waals surface area contributed by atoms with E-state index in [1.807, 2.05) is 0 Å². The number of hydrogen-bond acceptors (Lipinski definition) is 3. The van der Waals surface area contributed by atoms with Crippen LogP contribution in [0.2, 0.25) is 5.02 Å². The standard InChI is InChI=1S/C11H9ClF3NO4/c1-5(17)16(20-2)9-7(11(13,14)15)4-3-6(8(9)12)10(18)19/h3-4H,1-2H3,(H,18,19). The number of alkyl halides is 3. The molecule has 0 aliphatic heterocycles. The number of anilines is 1. The predicted octanol–water partition coefficient (Wildman–Crippen LogP) is 2.97. The van der Waals surface area contributed by atoms with Crippen molar-refractivity contribution in [2.75, 3.05) is 12.2 Å². The second-order valence-corrected chi connectivity index (χ2v) is 4.00. The van der Waals surface area contributed by atoms with Crippen LogP contribution < -0.4 is 5.06 Å². The van der Waals surface area contributed by atoms with E-state index in [1.54, 1.807) is 0 Å². The van der Waals surface area contributed by atoms with Crippen LogP contribution in [0, 0.1) is 0 Å². The third-order valence-corrected chi connectivity index (χ3v) is 2.71. The number of carboxylic acid groups (broad SMARTS) is 1. The van der Waals surface area contributed by atoms with Gasteiger partial charge in [-0.1, -0.05) is 11.6 Å². The Labute approximate surface area is 116 Å². The summed E-state index contributed by atoms with van der Waals surface area (Å²) in [6.07, 6.45) is -4.83.